The van der Waals surface area contributed by atoms with Crippen molar-refractivity contribution in [2.24, 2.45) is 0 Å². The third-order valence-corrected chi connectivity index (χ3v) is 3.68. The van der Waals surface area contributed by atoms with Gasteiger partial charge in [-0.05, 0) is 30.7 Å². The Balaban J connectivity index is 2.10. The first kappa shape index (κ1) is 18.5. The number of carbonyl (C=O) groups is 1. The molecule has 2 N–H and O–H groups in total. The summed E-state index contributed by atoms with van der Waals surface area (Å²) in [5.41, 5.74) is 0.232. The van der Waals surface area contributed by atoms with Crippen LogP contribution >= 0.6 is 0 Å². The number of hydrogen-bond acceptors (Lipinski definition) is 3. The number of hydrogen-bond donors (Lipinski definition) is 2. The number of unbranched alkanes of at least 4 members (excludes halogenated alkanes) is 6. The molecule has 0 aliphatic carbocycles. The maximum atomic E-state index is 10.7. The van der Waals surface area contributed by atoms with Crippen LogP contribution in [0.3, 0.4) is 0 Å². The molecule has 0 spiro atoms. The Hall–Kier alpha value is -1.55. The average molecular weight is 308 g/mol. The predicted molar refractivity (Wildman–Crippen MR) is 87.5 cm³/mol. The van der Waals surface area contributed by atoms with E-state index in [1.54, 1.807) is 12.1 Å². The zero-order valence-corrected chi connectivity index (χ0v) is 13.5. The monoisotopic (exact) mass is 308 g/mol. The second kappa shape index (κ2) is 11.1. The first-order valence-corrected chi connectivity index (χ1v) is 8.27. The highest BCUT2D eigenvalue weighted by atomic mass is 16.5. The highest BCUT2D eigenvalue weighted by Crippen LogP contribution is 2.14. The van der Waals surface area contributed by atoms with Gasteiger partial charge >= 0.3 is 5.97 Å². The zero-order chi connectivity index (χ0) is 16.2. The molecular formula is C18H28O4. The number of carboxylic acid groups (broad SMARTS) is 1. The van der Waals surface area contributed by atoms with Crippen molar-refractivity contribution in [3.05, 3.63) is 29.8 Å². The van der Waals surface area contributed by atoms with E-state index in [-0.39, 0.29) is 12.2 Å². The number of aliphatic hydroxyl groups excluding tert-OH is 1. The Kier molecular flexibility index (Phi) is 9.31. The van der Waals surface area contributed by atoms with Gasteiger partial charge in [-0.2, -0.15) is 0 Å². The second-order valence-electron chi connectivity index (χ2n) is 5.70. The van der Waals surface area contributed by atoms with Crippen LogP contribution in [0.1, 0.15) is 68.6 Å². The minimum atomic E-state index is -0.953. The minimum absolute atomic E-state index is 0.232. The van der Waals surface area contributed by atoms with Crippen LogP contribution in [0.25, 0.3) is 0 Å². The Labute approximate surface area is 133 Å². The van der Waals surface area contributed by atoms with Crippen molar-refractivity contribution in [1.82, 2.24) is 0 Å². The van der Waals surface area contributed by atoms with Gasteiger partial charge in [-0.15, -0.1) is 0 Å². The van der Waals surface area contributed by atoms with Crippen molar-refractivity contribution in [3.63, 3.8) is 0 Å². The van der Waals surface area contributed by atoms with E-state index >= 15 is 0 Å². The van der Waals surface area contributed by atoms with Crippen molar-refractivity contribution in [3.8, 4) is 5.75 Å². The summed E-state index contributed by atoms with van der Waals surface area (Å²) in [5, 5.41) is 18.7. The van der Waals surface area contributed by atoms with Crippen molar-refractivity contribution in [2.45, 2.75) is 64.4 Å². The van der Waals surface area contributed by atoms with Gasteiger partial charge in [0, 0.05) is 0 Å². The standard InChI is InChI=1S/C18H28O4/c1-2-3-4-5-6-7-8-9-16(19)14-22-17-12-10-15(11-13-17)18(20)21/h10-13,16,19H,2-9,14H2,1H3,(H,20,21). The fraction of sp³-hybridized carbons (Fsp3) is 0.611. The number of rotatable bonds is 12. The number of aromatic carboxylic acids is 1. The van der Waals surface area contributed by atoms with Crippen LogP contribution in [0.4, 0.5) is 0 Å². The molecule has 0 saturated heterocycles. The van der Waals surface area contributed by atoms with Gasteiger partial charge in [0.2, 0.25) is 0 Å². The lowest BCUT2D eigenvalue weighted by molar-refractivity contribution is 0.0696. The maximum Gasteiger partial charge on any atom is 0.335 e. The van der Waals surface area contributed by atoms with Gasteiger partial charge in [0.15, 0.2) is 0 Å². The minimum Gasteiger partial charge on any atom is -0.491 e. The smallest absolute Gasteiger partial charge is 0.335 e. The van der Waals surface area contributed by atoms with E-state index in [1.807, 2.05) is 0 Å². The first-order valence-electron chi connectivity index (χ1n) is 8.27. The van der Waals surface area contributed by atoms with Crippen LogP contribution in [0.5, 0.6) is 5.75 Å². The Morgan fingerprint density at radius 2 is 1.64 bits per heavy atom. The van der Waals surface area contributed by atoms with Crippen LogP contribution in [0.2, 0.25) is 0 Å². The molecule has 1 rings (SSSR count). The van der Waals surface area contributed by atoms with Gasteiger partial charge < -0.3 is 14.9 Å². The second-order valence-corrected chi connectivity index (χ2v) is 5.70. The Bertz CT molecular complexity index is 414. The third kappa shape index (κ3) is 8.03. The molecular weight excluding hydrogens is 280 g/mol. The summed E-state index contributed by atoms with van der Waals surface area (Å²) >= 11 is 0. The lowest BCUT2D eigenvalue weighted by Crippen LogP contribution is -2.17. The van der Waals surface area contributed by atoms with Crippen LogP contribution in [0.15, 0.2) is 24.3 Å². The highest BCUT2D eigenvalue weighted by molar-refractivity contribution is 5.87. The van der Waals surface area contributed by atoms with Gasteiger partial charge in [0.1, 0.15) is 12.4 Å². The van der Waals surface area contributed by atoms with Crippen LogP contribution in [-0.2, 0) is 0 Å². The van der Waals surface area contributed by atoms with Crippen LogP contribution in [0, 0.1) is 0 Å². The van der Waals surface area contributed by atoms with Gasteiger partial charge in [-0.3, -0.25) is 0 Å². The fourth-order valence-electron chi connectivity index (χ4n) is 2.31. The molecule has 4 nitrogen and oxygen atoms in total. The fourth-order valence-corrected chi connectivity index (χ4v) is 2.31. The SMILES string of the molecule is CCCCCCCCCC(O)COc1ccc(C(=O)O)cc1. The van der Waals surface area contributed by atoms with Gasteiger partial charge in [0.25, 0.3) is 0 Å². The molecule has 124 valence electrons. The quantitative estimate of drug-likeness (QED) is 0.566. The summed E-state index contributed by atoms with van der Waals surface area (Å²) < 4.78 is 5.47. The average Bonchev–Trinajstić information content (AvgIpc) is 2.52. The molecule has 0 aliphatic rings. The van der Waals surface area contributed by atoms with Crippen LogP contribution < -0.4 is 4.74 Å². The Morgan fingerprint density at radius 3 is 2.23 bits per heavy atom. The molecule has 0 heterocycles. The van der Waals surface area contributed by atoms with E-state index < -0.39 is 12.1 Å². The molecule has 0 aliphatic heterocycles. The molecule has 0 radical (unpaired) electrons. The lowest BCUT2D eigenvalue weighted by atomic mass is 10.1. The molecule has 0 amide bonds. The highest BCUT2D eigenvalue weighted by Gasteiger charge is 2.06. The zero-order valence-electron chi connectivity index (χ0n) is 13.5. The molecule has 1 aromatic rings. The van der Waals surface area contributed by atoms with Crippen molar-refractivity contribution < 1.29 is 19.7 Å². The van der Waals surface area contributed by atoms with Gasteiger partial charge in [-0.25, -0.2) is 4.79 Å². The molecule has 0 fully saturated rings. The van der Waals surface area contributed by atoms with Crippen LogP contribution in [-0.4, -0.2) is 28.9 Å². The van der Waals surface area contributed by atoms with Gasteiger partial charge in [-0.1, -0.05) is 51.9 Å². The summed E-state index contributed by atoms with van der Waals surface area (Å²) in [6.45, 7) is 2.47. The number of benzene rings is 1. The van der Waals surface area contributed by atoms with E-state index in [4.69, 9.17) is 9.84 Å². The summed E-state index contributed by atoms with van der Waals surface area (Å²) in [7, 11) is 0. The number of ether oxygens (including phenoxy) is 1. The van der Waals surface area contributed by atoms with Crippen molar-refractivity contribution in [2.75, 3.05) is 6.61 Å². The third-order valence-electron chi connectivity index (χ3n) is 3.68. The molecule has 0 bridgehead atoms. The summed E-state index contributed by atoms with van der Waals surface area (Å²) in [6.07, 6.45) is 8.90. The maximum absolute atomic E-state index is 10.7. The molecule has 1 unspecified atom stereocenters. The van der Waals surface area contributed by atoms with E-state index in [9.17, 15) is 9.90 Å². The molecule has 0 saturated carbocycles. The number of aliphatic hydroxyl groups is 1. The van der Waals surface area contributed by atoms with E-state index in [2.05, 4.69) is 6.92 Å². The predicted octanol–water partition coefficient (Wildman–Crippen LogP) is 4.27. The molecule has 1 atom stereocenters. The molecule has 1 aromatic carbocycles. The number of carboxylic acids is 1. The summed E-state index contributed by atoms with van der Waals surface area (Å²) in [5.74, 6) is -0.367. The van der Waals surface area contributed by atoms with E-state index in [0.29, 0.717) is 5.75 Å². The van der Waals surface area contributed by atoms with Gasteiger partial charge in [0.05, 0.1) is 11.7 Å². The first-order chi connectivity index (χ1) is 10.6. The summed E-state index contributed by atoms with van der Waals surface area (Å²) in [6, 6.07) is 6.23. The van der Waals surface area contributed by atoms with E-state index in [1.165, 1.54) is 44.2 Å². The largest absolute Gasteiger partial charge is 0.491 e. The molecule has 22 heavy (non-hydrogen) atoms. The normalized spacial score (nSPS) is 12.1. The summed E-state index contributed by atoms with van der Waals surface area (Å²) in [4.78, 5) is 10.7. The van der Waals surface area contributed by atoms with Crippen molar-refractivity contribution >= 4 is 5.97 Å². The molecule has 0 aromatic heterocycles. The topological polar surface area (TPSA) is 66.8 Å². The Morgan fingerprint density at radius 1 is 1.05 bits per heavy atom. The molecule has 4 heteroatoms. The van der Waals surface area contributed by atoms with E-state index in [0.717, 1.165) is 19.3 Å². The lowest BCUT2D eigenvalue weighted by Gasteiger charge is -2.12. The van der Waals surface area contributed by atoms with Crippen molar-refractivity contribution in [1.29, 1.82) is 0 Å².